The Morgan fingerprint density at radius 3 is 2.90 bits per heavy atom. The molecule has 5 nitrogen and oxygen atoms in total. The van der Waals surface area contributed by atoms with Crippen LogP contribution in [0.4, 0.5) is 22.7 Å². The molecule has 6 heteroatoms. The van der Waals surface area contributed by atoms with Gasteiger partial charge in [-0.3, -0.25) is 10.1 Å². The van der Waals surface area contributed by atoms with Gasteiger partial charge in [-0.2, -0.15) is 0 Å². The summed E-state index contributed by atoms with van der Waals surface area (Å²) in [5, 5.41) is 17.7. The molecule has 3 rings (SSSR count). The molecule has 0 fully saturated rings. The van der Waals surface area contributed by atoms with Crippen molar-refractivity contribution in [2.24, 2.45) is 0 Å². The second kappa shape index (κ2) is 5.88. The first kappa shape index (κ1) is 14.1. The standard InChI is InChI=1S/C15H14IN3O2/c16-11-3-5-14(15(9-11)19(20)21)18-12-4-6-13-10(8-12)2-1-7-17-13/h3-6,8-9,17-18H,1-2,7H2. The van der Waals surface area contributed by atoms with Gasteiger partial charge in [0.15, 0.2) is 0 Å². The lowest BCUT2D eigenvalue weighted by Crippen LogP contribution is -2.11. The van der Waals surface area contributed by atoms with E-state index >= 15 is 0 Å². The number of rotatable bonds is 3. The molecule has 2 aromatic rings. The van der Waals surface area contributed by atoms with Crippen molar-refractivity contribution in [3.05, 3.63) is 55.6 Å². The van der Waals surface area contributed by atoms with Crippen molar-refractivity contribution in [1.29, 1.82) is 0 Å². The molecular formula is C15H14IN3O2. The fraction of sp³-hybridized carbons (Fsp3) is 0.200. The minimum Gasteiger partial charge on any atom is -0.385 e. The van der Waals surface area contributed by atoms with Crippen molar-refractivity contribution < 1.29 is 4.92 Å². The van der Waals surface area contributed by atoms with E-state index in [-0.39, 0.29) is 10.6 Å². The van der Waals surface area contributed by atoms with E-state index in [4.69, 9.17) is 0 Å². The van der Waals surface area contributed by atoms with Crippen molar-refractivity contribution in [1.82, 2.24) is 0 Å². The summed E-state index contributed by atoms with van der Waals surface area (Å²) in [4.78, 5) is 10.8. The van der Waals surface area contributed by atoms with E-state index in [9.17, 15) is 10.1 Å². The van der Waals surface area contributed by atoms with E-state index in [0.29, 0.717) is 5.69 Å². The molecule has 0 atom stereocenters. The van der Waals surface area contributed by atoms with Gasteiger partial charge < -0.3 is 10.6 Å². The number of anilines is 3. The van der Waals surface area contributed by atoms with Crippen molar-refractivity contribution in [3.63, 3.8) is 0 Å². The topological polar surface area (TPSA) is 67.2 Å². The smallest absolute Gasteiger partial charge is 0.293 e. The second-order valence-electron chi connectivity index (χ2n) is 4.95. The third-order valence-electron chi connectivity index (χ3n) is 3.48. The van der Waals surface area contributed by atoms with Crippen molar-refractivity contribution in [3.8, 4) is 0 Å². The lowest BCUT2D eigenvalue weighted by Gasteiger charge is -2.19. The Morgan fingerprint density at radius 1 is 1.24 bits per heavy atom. The molecule has 0 amide bonds. The summed E-state index contributed by atoms with van der Waals surface area (Å²) < 4.78 is 0.847. The van der Waals surface area contributed by atoms with Gasteiger partial charge in [-0.25, -0.2) is 0 Å². The molecule has 0 spiro atoms. The molecule has 0 unspecified atom stereocenters. The predicted molar refractivity (Wildman–Crippen MR) is 92.3 cm³/mol. The van der Waals surface area contributed by atoms with Gasteiger partial charge in [-0.15, -0.1) is 0 Å². The first-order valence-corrected chi connectivity index (χ1v) is 7.79. The largest absolute Gasteiger partial charge is 0.385 e. The van der Waals surface area contributed by atoms with Crippen LogP contribution in [0, 0.1) is 13.7 Å². The van der Waals surface area contributed by atoms with Crippen LogP contribution in [0.15, 0.2) is 36.4 Å². The molecule has 1 aliphatic rings. The number of hydrogen-bond donors (Lipinski definition) is 2. The van der Waals surface area contributed by atoms with Gasteiger partial charge in [0.25, 0.3) is 5.69 Å². The molecule has 0 saturated carbocycles. The Kier molecular flexibility index (Phi) is 3.96. The van der Waals surface area contributed by atoms with E-state index < -0.39 is 0 Å². The number of nitrogens with zero attached hydrogens (tertiary/aromatic N) is 1. The van der Waals surface area contributed by atoms with Gasteiger partial charge in [0, 0.05) is 27.6 Å². The maximum atomic E-state index is 11.1. The number of halogens is 1. The first-order chi connectivity index (χ1) is 10.1. The Labute approximate surface area is 136 Å². The molecule has 21 heavy (non-hydrogen) atoms. The Bertz CT molecular complexity index is 703. The zero-order chi connectivity index (χ0) is 14.8. The van der Waals surface area contributed by atoms with Crippen LogP contribution in [0.2, 0.25) is 0 Å². The molecule has 108 valence electrons. The van der Waals surface area contributed by atoms with E-state index in [0.717, 1.165) is 34.3 Å². The van der Waals surface area contributed by atoms with Gasteiger partial charge in [-0.05, 0) is 71.3 Å². The maximum Gasteiger partial charge on any atom is 0.293 e. The fourth-order valence-electron chi connectivity index (χ4n) is 2.47. The Balaban J connectivity index is 1.92. The van der Waals surface area contributed by atoms with Gasteiger partial charge in [0.2, 0.25) is 0 Å². The molecular weight excluding hydrogens is 381 g/mol. The summed E-state index contributed by atoms with van der Waals surface area (Å²) in [6.45, 7) is 1.00. The van der Waals surface area contributed by atoms with Crippen LogP contribution in [0.3, 0.4) is 0 Å². The SMILES string of the molecule is O=[N+]([O-])c1cc(I)ccc1Nc1ccc2c(c1)CCCN2. The third kappa shape index (κ3) is 3.10. The monoisotopic (exact) mass is 395 g/mol. The Hall–Kier alpha value is -1.83. The summed E-state index contributed by atoms with van der Waals surface area (Å²) >= 11 is 2.07. The Morgan fingerprint density at radius 2 is 2.10 bits per heavy atom. The number of nitro benzene ring substituents is 1. The van der Waals surface area contributed by atoms with Crippen LogP contribution in [0.5, 0.6) is 0 Å². The maximum absolute atomic E-state index is 11.1. The molecule has 1 heterocycles. The summed E-state index contributed by atoms with van der Waals surface area (Å²) in [6.07, 6.45) is 2.15. The molecule has 2 N–H and O–H groups in total. The lowest BCUT2D eigenvalue weighted by atomic mass is 10.0. The van der Waals surface area contributed by atoms with Crippen LogP contribution in [0.25, 0.3) is 0 Å². The van der Waals surface area contributed by atoms with E-state index in [1.54, 1.807) is 12.1 Å². The van der Waals surface area contributed by atoms with Crippen LogP contribution < -0.4 is 10.6 Å². The van der Waals surface area contributed by atoms with Crippen LogP contribution >= 0.6 is 22.6 Å². The highest BCUT2D eigenvalue weighted by atomic mass is 127. The van der Waals surface area contributed by atoms with E-state index in [1.807, 2.05) is 18.2 Å². The average molecular weight is 395 g/mol. The quantitative estimate of drug-likeness (QED) is 0.462. The highest BCUT2D eigenvalue weighted by molar-refractivity contribution is 14.1. The van der Waals surface area contributed by atoms with Crippen LogP contribution in [-0.2, 0) is 6.42 Å². The number of benzene rings is 2. The van der Waals surface area contributed by atoms with Crippen molar-refractivity contribution in [2.75, 3.05) is 17.2 Å². The van der Waals surface area contributed by atoms with Crippen LogP contribution in [0.1, 0.15) is 12.0 Å². The molecule has 0 aliphatic carbocycles. The lowest BCUT2D eigenvalue weighted by molar-refractivity contribution is -0.384. The minimum absolute atomic E-state index is 0.0951. The number of nitro groups is 1. The fourth-order valence-corrected chi connectivity index (χ4v) is 2.94. The van der Waals surface area contributed by atoms with Gasteiger partial charge in [0.1, 0.15) is 5.69 Å². The molecule has 0 bridgehead atoms. The highest BCUT2D eigenvalue weighted by Crippen LogP contribution is 2.31. The summed E-state index contributed by atoms with van der Waals surface area (Å²) in [5.41, 5.74) is 3.90. The zero-order valence-corrected chi connectivity index (χ0v) is 13.4. The zero-order valence-electron chi connectivity index (χ0n) is 11.2. The number of fused-ring (bicyclic) bond motifs is 1. The molecule has 0 radical (unpaired) electrons. The summed E-state index contributed by atoms with van der Waals surface area (Å²) in [5.74, 6) is 0. The van der Waals surface area contributed by atoms with Crippen molar-refractivity contribution >= 4 is 45.3 Å². The molecule has 2 aromatic carbocycles. The number of aryl methyl sites for hydroxylation is 1. The van der Waals surface area contributed by atoms with Gasteiger partial charge in [0.05, 0.1) is 4.92 Å². The highest BCUT2D eigenvalue weighted by Gasteiger charge is 2.15. The van der Waals surface area contributed by atoms with Crippen molar-refractivity contribution in [2.45, 2.75) is 12.8 Å². The summed E-state index contributed by atoms with van der Waals surface area (Å²) in [7, 11) is 0. The minimum atomic E-state index is -0.357. The predicted octanol–water partition coefficient (Wildman–Crippen LogP) is 4.30. The molecule has 1 aliphatic heterocycles. The molecule has 0 saturated heterocycles. The second-order valence-corrected chi connectivity index (χ2v) is 6.19. The third-order valence-corrected chi connectivity index (χ3v) is 4.15. The van der Waals surface area contributed by atoms with Crippen LogP contribution in [-0.4, -0.2) is 11.5 Å². The van der Waals surface area contributed by atoms with Gasteiger partial charge in [-0.1, -0.05) is 0 Å². The van der Waals surface area contributed by atoms with E-state index in [2.05, 4.69) is 39.3 Å². The number of nitrogens with one attached hydrogen (secondary N) is 2. The van der Waals surface area contributed by atoms with E-state index in [1.165, 1.54) is 5.56 Å². The summed E-state index contributed by atoms with van der Waals surface area (Å²) in [6, 6.07) is 11.2. The van der Waals surface area contributed by atoms with Gasteiger partial charge >= 0.3 is 0 Å². The normalized spacial score (nSPS) is 13.2. The average Bonchev–Trinajstić information content (AvgIpc) is 2.49. The number of hydrogen-bond acceptors (Lipinski definition) is 4. The molecule has 0 aromatic heterocycles. The first-order valence-electron chi connectivity index (χ1n) is 6.71.